The maximum absolute atomic E-state index is 13.5. The molecule has 1 heterocycles. The van der Waals surface area contributed by atoms with E-state index in [0.717, 1.165) is 0 Å². The predicted octanol–water partition coefficient (Wildman–Crippen LogP) is 2.58. The minimum absolute atomic E-state index is 0.0737. The van der Waals surface area contributed by atoms with Gasteiger partial charge in [0.2, 0.25) is 0 Å². The van der Waals surface area contributed by atoms with Crippen LogP contribution < -0.4 is 0 Å². The Morgan fingerprint density at radius 2 is 1.86 bits per heavy atom. The average Bonchev–Trinajstić information content (AvgIpc) is 2.86. The van der Waals surface area contributed by atoms with Gasteiger partial charge in [0.1, 0.15) is 11.6 Å². The highest BCUT2D eigenvalue weighted by molar-refractivity contribution is 5.82. The molecular formula is C14H21F2NO4. The molecule has 2 rings (SSSR count). The molecule has 1 saturated heterocycles. The van der Waals surface area contributed by atoms with Crippen molar-refractivity contribution in [3.8, 4) is 0 Å². The highest BCUT2D eigenvalue weighted by Gasteiger charge is 2.72. The number of rotatable bonds is 1. The molecule has 0 radical (unpaired) electrons. The Balaban J connectivity index is 2.14. The Labute approximate surface area is 122 Å². The lowest BCUT2D eigenvalue weighted by Gasteiger charge is -2.38. The molecule has 0 aromatic carbocycles. The molecule has 2 aliphatic rings. The number of alkyl halides is 2. The van der Waals surface area contributed by atoms with Gasteiger partial charge >= 0.3 is 12.1 Å². The van der Waals surface area contributed by atoms with Gasteiger partial charge in [-0.05, 0) is 33.6 Å². The number of methoxy groups -OCH3 is 1. The summed E-state index contributed by atoms with van der Waals surface area (Å²) in [5.41, 5.74) is -1.87. The SMILES string of the molecule is COC(=O)[C@@H]1CC2(CCN1C(=O)OC(C)(C)C)CC2(F)F. The number of hydrogen-bond donors (Lipinski definition) is 0. The molecule has 0 N–H and O–H groups in total. The largest absolute Gasteiger partial charge is 0.467 e. The molecule has 0 bridgehead atoms. The quantitative estimate of drug-likeness (QED) is 0.699. The van der Waals surface area contributed by atoms with E-state index in [2.05, 4.69) is 4.74 Å². The number of likely N-dealkylation sites (tertiary alicyclic amines) is 1. The van der Waals surface area contributed by atoms with Crippen LogP contribution in [0.4, 0.5) is 13.6 Å². The van der Waals surface area contributed by atoms with Crippen molar-refractivity contribution in [3.05, 3.63) is 0 Å². The van der Waals surface area contributed by atoms with Gasteiger partial charge in [0.05, 0.1) is 7.11 Å². The Morgan fingerprint density at radius 3 is 2.29 bits per heavy atom. The first kappa shape index (κ1) is 16.0. The van der Waals surface area contributed by atoms with Crippen molar-refractivity contribution < 1.29 is 27.8 Å². The third-order valence-corrected chi connectivity index (χ3v) is 4.10. The Hall–Kier alpha value is -1.40. The number of halogens is 2. The zero-order valence-corrected chi connectivity index (χ0v) is 12.7. The van der Waals surface area contributed by atoms with Crippen molar-refractivity contribution in [2.24, 2.45) is 5.41 Å². The van der Waals surface area contributed by atoms with Crippen LogP contribution in [0, 0.1) is 5.41 Å². The zero-order chi connectivity index (χ0) is 16.1. The van der Waals surface area contributed by atoms with Crippen LogP contribution in [0.5, 0.6) is 0 Å². The molecule has 5 nitrogen and oxygen atoms in total. The van der Waals surface area contributed by atoms with Gasteiger partial charge in [-0.3, -0.25) is 4.90 Å². The molecular weight excluding hydrogens is 284 g/mol. The molecule has 2 atom stereocenters. The summed E-state index contributed by atoms with van der Waals surface area (Å²) >= 11 is 0. The second-order valence-corrected chi connectivity index (χ2v) is 6.83. The molecule has 1 saturated carbocycles. The average molecular weight is 305 g/mol. The van der Waals surface area contributed by atoms with Gasteiger partial charge in [-0.15, -0.1) is 0 Å². The van der Waals surface area contributed by atoms with Crippen LogP contribution in [-0.4, -0.2) is 48.2 Å². The van der Waals surface area contributed by atoms with Crippen molar-refractivity contribution in [1.82, 2.24) is 4.90 Å². The topological polar surface area (TPSA) is 55.8 Å². The molecule has 1 amide bonds. The number of carbonyl (C=O) groups is 2. The fourth-order valence-electron chi connectivity index (χ4n) is 2.83. The second-order valence-electron chi connectivity index (χ2n) is 6.83. The monoisotopic (exact) mass is 305 g/mol. The van der Waals surface area contributed by atoms with E-state index in [4.69, 9.17) is 4.74 Å². The molecule has 1 aliphatic carbocycles. The summed E-state index contributed by atoms with van der Waals surface area (Å²) in [6.07, 6.45) is -0.800. The van der Waals surface area contributed by atoms with E-state index < -0.39 is 35.0 Å². The zero-order valence-electron chi connectivity index (χ0n) is 12.7. The molecule has 1 unspecified atom stereocenters. The second kappa shape index (κ2) is 4.81. The third-order valence-electron chi connectivity index (χ3n) is 4.10. The van der Waals surface area contributed by atoms with Crippen LogP contribution in [-0.2, 0) is 14.3 Å². The van der Waals surface area contributed by atoms with Gasteiger partial charge < -0.3 is 9.47 Å². The summed E-state index contributed by atoms with van der Waals surface area (Å²) in [7, 11) is 1.18. The van der Waals surface area contributed by atoms with Gasteiger partial charge in [0, 0.05) is 18.4 Å². The van der Waals surface area contributed by atoms with Gasteiger partial charge in [0.25, 0.3) is 5.92 Å². The van der Waals surface area contributed by atoms with E-state index in [1.807, 2.05) is 0 Å². The van der Waals surface area contributed by atoms with E-state index >= 15 is 0 Å². The first-order valence-electron chi connectivity index (χ1n) is 6.97. The summed E-state index contributed by atoms with van der Waals surface area (Å²) in [4.78, 5) is 25.2. The molecule has 7 heteroatoms. The molecule has 1 aliphatic heterocycles. The van der Waals surface area contributed by atoms with Crippen molar-refractivity contribution in [3.63, 3.8) is 0 Å². The maximum Gasteiger partial charge on any atom is 0.411 e. The fourth-order valence-corrected chi connectivity index (χ4v) is 2.83. The summed E-state index contributed by atoms with van der Waals surface area (Å²) in [6.45, 7) is 5.19. The first-order chi connectivity index (χ1) is 9.51. The fraction of sp³-hybridized carbons (Fsp3) is 0.857. The van der Waals surface area contributed by atoms with Crippen molar-refractivity contribution in [2.45, 2.75) is 57.6 Å². The summed E-state index contributed by atoms with van der Waals surface area (Å²) in [6, 6.07) is -1.01. The normalized spacial score (nSPS) is 31.0. The maximum atomic E-state index is 13.5. The van der Waals surface area contributed by atoms with Crippen molar-refractivity contribution in [1.29, 1.82) is 0 Å². The minimum Gasteiger partial charge on any atom is -0.467 e. The van der Waals surface area contributed by atoms with Crippen LogP contribution in [0.15, 0.2) is 0 Å². The Morgan fingerprint density at radius 1 is 1.29 bits per heavy atom. The van der Waals surface area contributed by atoms with Gasteiger partial charge in [-0.1, -0.05) is 0 Å². The number of amides is 1. The summed E-state index contributed by atoms with van der Waals surface area (Å²) in [5.74, 6) is -3.43. The predicted molar refractivity (Wildman–Crippen MR) is 70.0 cm³/mol. The minimum atomic E-state index is -2.75. The van der Waals surface area contributed by atoms with Gasteiger partial charge in [-0.25, -0.2) is 18.4 Å². The van der Waals surface area contributed by atoms with Crippen LogP contribution in [0.1, 0.15) is 40.0 Å². The number of hydrogen-bond acceptors (Lipinski definition) is 4. The van der Waals surface area contributed by atoms with E-state index in [1.54, 1.807) is 20.8 Å². The van der Waals surface area contributed by atoms with E-state index in [1.165, 1.54) is 12.0 Å². The summed E-state index contributed by atoms with van der Waals surface area (Å²) < 4.78 is 36.9. The lowest BCUT2D eigenvalue weighted by Crippen LogP contribution is -2.53. The van der Waals surface area contributed by atoms with Crippen molar-refractivity contribution >= 4 is 12.1 Å². The molecule has 1 spiro atoms. The van der Waals surface area contributed by atoms with E-state index in [0.29, 0.717) is 0 Å². The smallest absolute Gasteiger partial charge is 0.411 e. The number of carbonyl (C=O) groups excluding carboxylic acids is 2. The van der Waals surface area contributed by atoms with Crippen LogP contribution in [0.25, 0.3) is 0 Å². The van der Waals surface area contributed by atoms with Gasteiger partial charge in [-0.2, -0.15) is 0 Å². The number of nitrogens with zero attached hydrogens (tertiary/aromatic N) is 1. The van der Waals surface area contributed by atoms with Crippen LogP contribution >= 0.6 is 0 Å². The molecule has 0 aromatic heterocycles. The van der Waals surface area contributed by atoms with E-state index in [9.17, 15) is 18.4 Å². The van der Waals surface area contributed by atoms with Crippen molar-refractivity contribution in [2.75, 3.05) is 13.7 Å². The summed E-state index contributed by atoms with van der Waals surface area (Å²) in [5, 5.41) is 0. The lowest BCUT2D eigenvalue weighted by molar-refractivity contribution is -0.150. The van der Waals surface area contributed by atoms with Gasteiger partial charge in [0.15, 0.2) is 0 Å². The number of piperidine rings is 1. The third kappa shape index (κ3) is 2.96. The molecule has 2 fully saturated rings. The number of esters is 1. The Kier molecular flexibility index (Phi) is 3.66. The van der Waals surface area contributed by atoms with Crippen LogP contribution in [0.2, 0.25) is 0 Å². The van der Waals surface area contributed by atoms with E-state index in [-0.39, 0.29) is 25.8 Å². The highest BCUT2D eigenvalue weighted by atomic mass is 19.3. The Bertz CT molecular complexity index is 460. The molecule has 120 valence electrons. The lowest BCUT2D eigenvalue weighted by atomic mass is 9.87. The standard InChI is InChI=1S/C14H21F2NO4/c1-12(2,3)21-11(19)17-6-5-13(8-14(13,15)16)7-9(17)10(18)20-4/h9H,5-8H2,1-4H3/t9-,13?/m0/s1. The number of ether oxygens (including phenoxy) is 2. The molecule has 21 heavy (non-hydrogen) atoms. The molecule has 0 aromatic rings. The van der Waals surface area contributed by atoms with Crippen LogP contribution in [0.3, 0.4) is 0 Å². The highest BCUT2D eigenvalue weighted by Crippen LogP contribution is 2.66. The first-order valence-corrected chi connectivity index (χ1v) is 6.97.